The summed E-state index contributed by atoms with van der Waals surface area (Å²) in [5, 5.41) is 10.9. The number of rotatable bonds is 7. The molecule has 25 heavy (non-hydrogen) atoms. The van der Waals surface area contributed by atoms with E-state index in [0.29, 0.717) is 6.54 Å². The lowest BCUT2D eigenvalue weighted by atomic mass is 10.1. The Morgan fingerprint density at radius 1 is 1.32 bits per heavy atom. The van der Waals surface area contributed by atoms with Crippen LogP contribution in [0.5, 0.6) is 0 Å². The number of aryl methyl sites for hydroxylation is 1. The molecule has 1 aromatic heterocycles. The highest BCUT2D eigenvalue weighted by Gasteiger charge is 2.16. The molecular formula is C18H19N3O3S. The number of hydrogen-bond acceptors (Lipinski definition) is 6. The number of nitriles is 1. The van der Waals surface area contributed by atoms with Crippen molar-refractivity contribution in [2.45, 2.75) is 19.8 Å². The zero-order chi connectivity index (χ0) is 18.2. The molecule has 0 bridgehead atoms. The number of benzene rings is 1. The zero-order valence-electron chi connectivity index (χ0n) is 14.2. The maximum atomic E-state index is 12.0. The Morgan fingerprint density at radius 3 is 2.68 bits per heavy atom. The van der Waals surface area contributed by atoms with Crippen LogP contribution in [0.2, 0.25) is 0 Å². The lowest BCUT2D eigenvalue weighted by Crippen LogP contribution is -2.31. The molecule has 0 atom stereocenters. The highest BCUT2D eigenvalue weighted by molar-refractivity contribution is 7.13. The van der Waals surface area contributed by atoms with Crippen molar-refractivity contribution >= 4 is 23.2 Å². The predicted octanol–water partition coefficient (Wildman–Crippen LogP) is 2.90. The number of amides is 1. The molecule has 2 aromatic rings. The molecule has 0 aliphatic heterocycles. The van der Waals surface area contributed by atoms with Gasteiger partial charge in [-0.25, -0.2) is 9.78 Å². The van der Waals surface area contributed by atoms with E-state index >= 15 is 0 Å². The van der Waals surface area contributed by atoms with Gasteiger partial charge in [0.1, 0.15) is 5.01 Å². The van der Waals surface area contributed by atoms with E-state index in [0.717, 1.165) is 17.0 Å². The third-order valence-electron chi connectivity index (χ3n) is 3.63. The normalized spacial score (nSPS) is 10.1. The molecular weight excluding hydrogens is 338 g/mol. The molecule has 0 saturated carbocycles. The monoisotopic (exact) mass is 357 g/mol. The van der Waals surface area contributed by atoms with E-state index in [1.54, 1.807) is 12.4 Å². The molecule has 1 amide bonds. The van der Waals surface area contributed by atoms with E-state index < -0.39 is 5.97 Å². The molecule has 130 valence electrons. The number of nitrogens with zero attached hydrogens (tertiary/aromatic N) is 3. The van der Waals surface area contributed by atoms with Crippen molar-refractivity contribution < 1.29 is 14.3 Å². The van der Waals surface area contributed by atoms with Gasteiger partial charge in [0.25, 0.3) is 5.91 Å². The second-order valence-corrected chi connectivity index (χ2v) is 6.25. The molecule has 0 unspecified atom stereocenters. The Morgan fingerprint density at radius 2 is 2.04 bits per heavy atom. The minimum absolute atomic E-state index is 0.187. The average molecular weight is 357 g/mol. The second kappa shape index (κ2) is 8.94. The maximum Gasteiger partial charge on any atom is 0.358 e. The number of carbonyl (C=O) groups excluding carboxylic acids is 2. The van der Waals surface area contributed by atoms with Gasteiger partial charge in [0.05, 0.1) is 12.5 Å². The Hall–Kier alpha value is -2.72. The molecule has 1 heterocycles. The molecule has 7 heteroatoms. The summed E-state index contributed by atoms with van der Waals surface area (Å²) in [7, 11) is 1.56. The standard InChI is InChI=1S/C18H19N3O3S/c1-3-13-5-7-14(8-6-13)17-20-15(12-25-17)18(23)24-11-16(22)21(2)10-4-9-19/h5-8,12H,3-4,10-11H2,1-2H3. The first-order chi connectivity index (χ1) is 12.0. The molecule has 0 aliphatic rings. The fraction of sp³-hybridized carbons (Fsp3) is 0.333. The molecule has 6 nitrogen and oxygen atoms in total. The van der Waals surface area contributed by atoms with Crippen LogP contribution in [-0.2, 0) is 16.0 Å². The number of carbonyl (C=O) groups is 2. The summed E-state index contributed by atoms with van der Waals surface area (Å²) < 4.78 is 5.01. The van der Waals surface area contributed by atoms with Gasteiger partial charge in [-0.2, -0.15) is 5.26 Å². The Bertz CT molecular complexity index is 778. The largest absolute Gasteiger partial charge is 0.451 e. The van der Waals surface area contributed by atoms with Crippen LogP contribution >= 0.6 is 11.3 Å². The summed E-state index contributed by atoms with van der Waals surface area (Å²) in [5.74, 6) is -0.982. The number of thiazole rings is 1. The number of aromatic nitrogens is 1. The van der Waals surface area contributed by atoms with Crippen LogP contribution in [0.4, 0.5) is 0 Å². The average Bonchev–Trinajstić information content (AvgIpc) is 3.14. The van der Waals surface area contributed by atoms with E-state index in [1.807, 2.05) is 30.3 Å². The topological polar surface area (TPSA) is 83.3 Å². The van der Waals surface area contributed by atoms with E-state index in [2.05, 4.69) is 11.9 Å². The molecule has 1 aromatic carbocycles. The summed E-state index contributed by atoms with van der Waals surface area (Å²) in [4.78, 5) is 29.5. The maximum absolute atomic E-state index is 12.0. The number of esters is 1. The van der Waals surface area contributed by atoms with Gasteiger partial charge in [-0.15, -0.1) is 11.3 Å². The summed E-state index contributed by atoms with van der Waals surface area (Å²) in [6, 6.07) is 9.97. The molecule has 0 spiro atoms. The first-order valence-corrected chi connectivity index (χ1v) is 8.76. The SMILES string of the molecule is CCc1ccc(-c2nc(C(=O)OCC(=O)N(C)CCC#N)cs2)cc1. The lowest BCUT2D eigenvalue weighted by Gasteiger charge is -2.14. The van der Waals surface area contributed by atoms with Gasteiger partial charge in [-0.1, -0.05) is 31.2 Å². The van der Waals surface area contributed by atoms with E-state index in [4.69, 9.17) is 10.00 Å². The van der Waals surface area contributed by atoms with Crippen LogP contribution < -0.4 is 0 Å². The zero-order valence-corrected chi connectivity index (χ0v) is 15.0. The number of hydrogen-bond donors (Lipinski definition) is 0. The van der Waals surface area contributed by atoms with Gasteiger partial charge < -0.3 is 9.64 Å². The number of likely N-dealkylation sites (N-methyl/N-ethyl adjacent to an activating group) is 1. The van der Waals surface area contributed by atoms with Gasteiger partial charge in [0.15, 0.2) is 12.3 Å². The predicted molar refractivity (Wildman–Crippen MR) is 95.1 cm³/mol. The van der Waals surface area contributed by atoms with Crippen LogP contribution in [0, 0.1) is 11.3 Å². The fourth-order valence-electron chi connectivity index (χ4n) is 2.04. The van der Waals surface area contributed by atoms with Crippen molar-refractivity contribution in [3.8, 4) is 16.6 Å². The lowest BCUT2D eigenvalue weighted by molar-refractivity contribution is -0.133. The first kappa shape index (κ1) is 18.6. The Labute approximate surface area is 150 Å². The highest BCUT2D eigenvalue weighted by Crippen LogP contribution is 2.24. The van der Waals surface area contributed by atoms with Crippen molar-refractivity contribution in [1.29, 1.82) is 5.26 Å². The van der Waals surface area contributed by atoms with E-state index in [1.165, 1.54) is 21.8 Å². The molecule has 2 rings (SSSR count). The van der Waals surface area contributed by atoms with Crippen LogP contribution in [-0.4, -0.2) is 42.0 Å². The minimum Gasteiger partial charge on any atom is -0.451 e. The summed E-state index contributed by atoms with van der Waals surface area (Å²) in [6.07, 6.45) is 1.20. The Kier molecular flexibility index (Phi) is 6.66. The first-order valence-electron chi connectivity index (χ1n) is 7.88. The summed E-state index contributed by atoms with van der Waals surface area (Å²) in [5.41, 5.74) is 2.36. The quantitative estimate of drug-likeness (QED) is 0.712. The second-order valence-electron chi connectivity index (χ2n) is 5.39. The van der Waals surface area contributed by atoms with Crippen LogP contribution in [0.25, 0.3) is 10.6 Å². The highest BCUT2D eigenvalue weighted by atomic mass is 32.1. The van der Waals surface area contributed by atoms with Gasteiger partial charge in [-0.05, 0) is 12.0 Å². The van der Waals surface area contributed by atoms with Crippen molar-refractivity contribution in [2.24, 2.45) is 0 Å². The smallest absolute Gasteiger partial charge is 0.358 e. The molecule has 0 fully saturated rings. The van der Waals surface area contributed by atoms with E-state index in [-0.39, 0.29) is 24.6 Å². The molecule has 0 radical (unpaired) electrons. The van der Waals surface area contributed by atoms with Crippen LogP contribution in [0.1, 0.15) is 29.4 Å². The van der Waals surface area contributed by atoms with Crippen molar-refractivity contribution in [2.75, 3.05) is 20.2 Å². The summed E-state index contributed by atoms with van der Waals surface area (Å²) >= 11 is 1.35. The molecule has 0 saturated heterocycles. The fourth-order valence-corrected chi connectivity index (χ4v) is 2.83. The minimum atomic E-state index is -0.630. The van der Waals surface area contributed by atoms with Crippen LogP contribution in [0.15, 0.2) is 29.6 Å². The van der Waals surface area contributed by atoms with Gasteiger partial charge in [-0.3, -0.25) is 4.79 Å². The van der Waals surface area contributed by atoms with E-state index in [9.17, 15) is 9.59 Å². The third kappa shape index (κ3) is 5.13. The Balaban J connectivity index is 1.93. The summed E-state index contributed by atoms with van der Waals surface area (Å²) in [6.45, 7) is 2.03. The molecule has 0 aliphatic carbocycles. The van der Waals surface area contributed by atoms with Gasteiger partial charge in [0, 0.05) is 24.5 Å². The number of ether oxygens (including phenoxy) is 1. The third-order valence-corrected chi connectivity index (χ3v) is 4.53. The molecule has 0 N–H and O–H groups in total. The van der Waals surface area contributed by atoms with Crippen LogP contribution in [0.3, 0.4) is 0 Å². The van der Waals surface area contributed by atoms with Crippen molar-refractivity contribution in [3.05, 3.63) is 40.9 Å². The van der Waals surface area contributed by atoms with Gasteiger partial charge in [0.2, 0.25) is 0 Å². The van der Waals surface area contributed by atoms with Gasteiger partial charge >= 0.3 is 5.97 Å². The van der Waals surface area contributed by atoms with Crippen molar-refractivity contribution in [3.63, 3.8) is 0 Å². The van der Waals surface area contributed by atoms with Crippen molar-refractivity contribution in [1.82, 2.24) is 9.88 Å².